The first kappa shape index (κ1) is 27.6. The Bertz CT molecular complexity index is 387. The van der Waals surface area contributed by atoms with E-state index in [0.717, 1.165) is 25.7 Å². The second-order valence-electron chi connectivity index (χ2n) is 6.54. The maximum absolute atomic E-state index is 12.3. The highest BCUT2D eigenvalue weighted by atomic mass is 16.2. The molecule has 3 amide bonds. The molecule has 1 aliphatic heterocycles. The molecule has 0 bridgehead atoms. The van der Waals surface area contributed by atoms with Crippen molar-refractivity contribution in [1.82, 2.24) is 14.7 Å². The van der Waals surface area contributed by atoms with Crippen LogP contribution < -0.4 is 0 Å². The van der Waals surface area contributed by atoms with E-state index in [9.17, 15) is 14.4 Å². The minimum absolute atomic E-state index is 0.00444. The van der Waals surface area contributed by atoms with E-state index in [2.05, 4.69) is 13.8 Å². The fraction of sp³-hybridized carbons (Fsp3) is 0.857. The van der Waals surface area contributed by atoms with Gasteiger partial charge in [0.15, 0.2) is 0 Å². The van der Waals surface area contributed by atoms with Gasteiger partial charge >= 0.3 is 0 Å². The van der Waals surface area contributed by atoms with Crippen molar-refractivity contribution in [3.8, 4) is 0 Å². The summed E-state index contributed by atoms with van der Waals surface area (Å²) in [6, 6.07) is 0. The zero-order valence-electron chi connectivity index (χ0n) is 18.8. The first-order valence-electron chi connectivity index (χ1n) is 10.8. The molecule has 0 aromatic rings. The van der Waals surface area contributed by atoms with Crippen LogP contribution in [0.4, 0.5) is 0 Å². The van der Waals surface area contributed by atoms with Crippen LogP contribution in [0.25, 0.3) is 0 Å². The van der Waals surface area contributed by atoms with Gasteiger partial charge in [0.25, 0.3) is 0 Å². The summed E-state index contributed by atoms with van der Waals surface area (Å²) in [5.41, 5.74) is 0. The number of rotatable bonds is 7. The highest BCUT2D eigenvalue weighted by molar-refractivity contribution is 5.81. The molecule has 0 radical (unpaired) electrons. The molecule has 1 fully saturated rings. The largest absolute Gasteiger partial charge is 0.307 e. The summed E-state index contributed by atoms with van der Waals surface area (Å²) in [6.07, 6.45) is 5.95. The third-order valence-electron chi connectivity index (χ3n) is 3.75. The summed E-state index contributed by atoms with van der Waals surface area (Å²) in [4.78, 5) is 41.4. The van der Waals surface area contributed by atoms with Crippen LogP contribution in [0.3, 0.4) is 0 Å². The van der Waals surface area contributed by atoms with Gasteiger partial charge in [-0.05, 0) is 19.3 Å². The molecule has 1 saturated heterocycles. The van der Waals surface area contributed by atoms with Crippen molar-refractivity contribution >= 4 is 17.7 Å². The zero-order chi connectivity index (χ0) is 21.2. The predicted octanol–water partition coefficient (Wildman–Crippen LogP) is 4.59. The molecule has 0 saturated carbocycles. The minimum atomic E-state index is 0.00444. The van der Waals surface area contributed by atoms with E-state index < -0.39 is 0 Å². The van der Waals surface area contributed by atoms with Crippen LogP contribution >= 0.6 is 0 Å². The van der Waals surface area contributed by atoms with Gasteiger partial charge in [-0.15, -0.1) is 0 Å². The quantitative estimate of drug-likeness (QED) is 0.644. The average Bonchev–Trinajstić information content (AvgIpc) is 2.68. The van der Waals surface area contributed by atoms with Gasteiger partial charge in [-0.3, -0.25) is 14.4 Å². The Balaban J connectivity index is 0. The summed E-state index contributed by atoms with van der Waals surface area (Å²) < 4.78 is 0. The standard InChI is InChI=1S/C16H29N3O3.C3H8.C2H6/c1-4-7-10-16(22)19-12-17(14(20)8-5-2)11-18(13-19)15(21)9-6-3;1-3-2;1-2/h4-13H2,1-3H3;3H2,1-2H3;1-2H3. The van der Waals surface area contributed by atoms with Crippen molar-refractivity contribution in [3.05, 3.63) is 0 Å². The fourth-order valence-electron chi connectivity index (χ4n) is 2.46. The van der Waals surface area contributed by atoms with Gasteiger partial charge in [0.1, 0.15) is 0 Å². The van der Waals surface area contributed by atoms with Crippen molar-refractivity contribution in [2.75, 3.05) is 20.0 Å². The smallest absolute Gasteiger partial charge is 0.225 e. The lowest BCUT2D eigenvalue weighted by atomic mass is 10.2. The molecule has 6 nitrogen and oxygen atoms in total. The highest BCUT2D eigenvalue weighted by Crippen LogP contribution is 2.14. The number of carbonyl (C=O) groups is 3. The molecule has 1 aliphatic rings. The zero-order valence-corrected chi connectivity index (χ0v) is 18.8. The fourth-order valence-corrected chi connectivity index (χ4v) is 2.46. The third kappa shape index (κ3) is 11.7. The van der Waals surface area contributed by atoms with Crippen LogP contribution in [0.5, 0.6) is 0 Å². The van der Waals surface area contributed by atoms with Crippen LogP contribution in [0.2, 0.25) is 0 Å². The van der Waals surface area contributed by atoms with Crippen LogP contribution in [-0.2, 0) is 14.4 Å². The van der Waals surface area contributed by atoms with Crippen molar-refractivity contribution in [2.45, 2.75) is 99.8 Å². The van der Waals surface area contributed by atoms with Gasteiger partial charge in [-0.2, -0.15) is 0 Å². The van der Waals surface area contributed by atoms with Gasteiger partial charge in [0.2, 0.25) is 17.7 Å². The first-order chi connectivity index (χ1) is 12.9. The molecule has 0 unspecified atom stereocenters. The molecule has 0 aromatic heterocycles. The lowest BCUT2D eigenvalue weighted by Crippen LogP contribution is -2.59. The third-order valence-corrected chi connectivity index (χ3v) is 3.75. The number of unbranched alkanes of at least 4 members (excludes halogenated alkanes) is 1. The van der Waals surface area contributed by atoms with E-state index in [1.165, 1.54) is 6.42 Å². The molecule has 0 aliphatic carbocycles. The van der Waals surface area contributed by atoms with Crippen molar-refractivity contribution in [2.24, 2.45) is 0 Å². The van der Waals surface area contributed by atoms with E-state index in [1.807, 2.05) is 34.6 Å². The average molecular weight is 386 g/mol. The van der Waals surface area contributed by atoms with Gasteiger partial charge in [-0.25, -0.2) is 0 Å². The minimum Gasteiger partial charge on any atom is -0.307 e. The van der Waals surface area contributed by atoms with E-state index in [-0.39, 0.29) is 17.7 Å². The SMILES string of the molecule is CC.CCC.CCCCC(=O)N1CN(C(=O)CCC)CN(C(=O)CCC)C1. The van der Waals surface area contributed by atoms with Crippen LogP contribution in [0, 0.1) is 0 Å². The molecule has 1 heterocycles. The van der Waals surface area contributed by atoms with Crippen LogP contribution in [-0.4, -0.2) is 52.4 Å². The maximum Gasteiger partial charge on any atom is 0.225 e. The topological polar surface area (TPSA) is 60.9 Å². The Hall–Kier alpha value is -1.59. The summed E-state index contributed by atoms with van der Waals surface area (Å²) >= 11 is 0. The molecule has 0 aromatic carbocycles. The summed E-state index contributed by atoms with van der Waals surface area (Å²) in [5, 5.41) is 0. The van der Waals surface area contributed by atoms with Gasteiger partial charge in [0, 0.05) is 19.3 Å². The molecule has 1 rings (SSSR count). The second-order valence-corrected chi connectivity index (χ2v) is 6.54. The summed E-state index contributed by atoms with van der Waals surface area (Å²) in [5.74, 6) is 0.0275. The molecule has 0 N–H and O–H groups in total. The van der Waals surface area contributed by atoms with Gasteiger partial charge in [0.05, 0.1) is 20.0 Å². The molecule has 0 spiro atoms. The van der Waals surface area contributed by atoms with Crippen molar-refractivity contribution < 1.29 is 14.4 Å². The van der Waals surface area contributed by atoms with E-state index >= 15 is 0 Å². The van der Waals surface area contributed by atoms with E-state index in [1.54, 1.807) is 14.7 Å². The Kier molecular flexibility index (Phi) is 18.2. The Labute approximate surface area is 167 Å². The van der Waals surface area contributed by atoms with E-state index in [0.29, 0.717) is 39.3 Å². The number of carbonyl (C=O) groups excluding carboxylic acids is 3. The normalized spacial score (nSPS) is 13.2. The van der Waals surface area contributed by atoms with Crippen molar-refractivity contribution in [3.63, 3.8) is 0 Å². The predicted molar refractivity (Wildman–Crippen MR) is 112 cm³/mol. The Morgan fingerprint density at radius 2 is 0.889 bits per heavy atom. The lowest BCUT2D eigenvalue weighted by molar-refractivity contribution is -0.158. The molecule has 0 atom stereocenters. The summed E-state index contributed by atoms with van der Waals surface area (Å²) in [7, 11) is 0. The van der Waals surface area contributed by atoms with Crippen molar-refractivity contribution in [1.29, 1.82) is 0 Å². The number of hydrogen-bond acceptors (Lipinski definition) is 3. The number of amides is 3. The molecular formula is C21H43N3O3. The lowest BCUT2D eigenvalue weighted by Gasteiger charge is -2.42. The van der Waals surface area contributed by atoms with Crippen LogP contribution in [0.15, 0.2) is 0 Å². The first-order valence-corrected chi connectivity index (χ1v) is 10.8. The molecular weight excluding hydrogens is 342 g/mol. The second kappa shape index (κ2) is 17.8. The van der Waals surface area contributed by atoms with E-state index in [4.69, 9.17) is 0 Å². The van der Waals surface area contributed by atoms with Crippen LogP contribution in [0.1, 0.15) is 99.8 Å². The van der Waals surface area contributed by atoms with Gasteiger partial charge < -0.3 is 14.7 Å². The Morgan fingerprint density at radius 3 is 1.15 bits per heavy atom. The molecule has 27 heavy (non-hydrogen) atoms. The Morgan fingerprint density at radius 1 is 0.593 bits per heavy atom. The monoisotopic (exact) mass is 385 g/mol. The highest BCUT2D eigenvalue weighted by Gasteiger charge is 2.30. The van der Waals surface area contributed by atoms with Gasteiger partial charge in [-0.1, -0.05) is 61.3 Å². The maximum atomic E-state index is 12.3. The summed E-state index contributed by atoms with van der Waals surface area (Å²) in [6.45, 7) is 15.1. The molecule has 160 valence electrons. The number of nitrogens with zero attached hydrogens (tertiary/aromatic N) is 3. The number of hydrogen-bond donors (Lipinski definition) is 0. The molecule has 6 heteroatoms.